The van der Waals surface area contributed by atoms with E-state index in [2.05, 4.69) is 15.5 Å². The summed E-state index contributed by atoms with van der Waals surface area (Å²) in [6.07, 6.45) is 4.04. The van der Waals surface area contributed by atoms with Crippen LogP contribution < -0.4 is 11.1 Å². The number of carbonyl (C=O) groups is 1. The second-order valence-corrected chi connectivity index (χ2v) is 4.26. The molecule has 0 unspecified atom stereocenters. The minimum absolute atomic E-state index is 0.0905. The molecule has 10 nitrogen and oxygen atoms in total. The fourth-order valence-corrected chi connectivity index (χ4v) is 1.71. The highest BCUT2D eigenvalue weighted by Gasteiger charge is 2.14. The zero-order valence-electron chi connectivity index (χ0n) is 11.4. The molecule has 0 aromatic carbocycles. The normalized spacial score (nSPS) is 10.5. The van der Waals surface area contributed by atoms with Gasteiger partial charge in [0.2, 0.25) is 0 Å². The minimum atomic E-state index is -0.528. The summed E-state index contributed by atoms with van der Waals surface area (Å²) in [5.74, 6) is -0.388. The number of hydrogen-bond donors (Lipinski definition) is 2. The SMILES string of the molecule is CCn1cc(N)c(C(=O)NCCn2cc([N+](=O)[O-])cn2)n1. The van der Waals surface area contributed by atoms with Gasteiger partial charge in [-0.2, -0.15) is 10.2 Å². The Morgan fingerprint density at radius 3 is 2.81 bits per heavy atom. The lowest BCUT2D eigenvalue weighted by Gasteiger charge is -2.03. The number of aryl methyl sites for hydroxylation is 1. The molecule has 0 saturated carbocycles. The highest BCUT2D eigenvalue weighted by molar-refractivity contribution is 5.96. The summed E-state index contributed by atoms with van der Waals surface area (Å²) in [5.41, 5.74) is 6.09. The summed E-state index contributed by atoms with van der Waals surface area (Å²) < 4.78 is 2.95. The molecule has 10 heteroatoms. The molecule has 0 aliphatic rings. The molecule has 0 saturated heterocycles. The molecule has 0 bridgehead atoms. The Kier molecular flexibility index (Phi) is 4.16. The monoisotopic (exact) mass is 293 g/mol. The van der Waals surface area contributed by atoms with Crippen LogP contribution in [0.1, 0.15) is 17.4 Å². The molecule has 0 aliphatic carbocycles. The number of aromatic nitrogens is 4. The van der Waals surface area contributed by atoms with E-state index in [1.54, 1.807) is 10.9 Å². The lowest BCUT2D eigenvalue weighted by molar-refractivity contribution is -0.385. The van der Waals surface area contributed by atoms with Gasteiger partial charge in [0.1, 0.15) is 12.4 Å². The third-order valence-electron chi connectivity index (χ3n) is 2.79. The van der Waals surface area contributed by atoms with Crippen molar-refractivity contribution in [2.45, 2.75) is 20.0 Å². The molecule has 1 amide bonds. The van der Waals surface area contributed by atoms with Crippen molar-refractivity contribution >= 4 is 17.3 Å². The third kappa shape index (κ3) is 3.35. The van der Waals surface area contributed by atoms with Gasteiger partial charge >= 0.3 is 5.69 Å². The van der Waals surface area contributed by atoms with E-state index >= 15 is 0 Å². The maximum absolute atomic E-state index is 11.9. The first kappa shape index (κ1) is 14.5. The van der Waals surface area contributed by atoms with Crippen LogP contribution in [0.5, 0.6) is 0 Å². The smallest absolute Gasteiger partial charge is 0.306 e. The molecule has 0 fully saturated rings. The largest absolute Gasteiger partial charge is 0.396 e. The first-order chi connectivity index (χ1) is 10.0. The molecule has 0 aliphatic heterocycles. The maximum atomic E-state index is 11.9. The molecule has 2 heterocycles. The van der Waals surface area contributed by atoms with Crippen LogP contribution in [0, 0.1) is 10.1 Å². The van der Waals surface area contributed by atoms with Gasteiger partial charge in [0.25, 0.3) is 5.91 Å². The Hall–Kier alpha value is -2.91. The summed E-state index contributed by atoms with van der Waals surface area (Å²) >= 11 is 0. The Balaban J connectivity index is 1.88. The summed E-state index contributed by atoms with van der Waals surface area (Å²) in [6, 6.07) is 0. The number of anilines is 1. The Morgan fingerprint density at radius 2 is 2.24 bits per heavy atom. The second-order valence-electron chi connectivity index (χ2n) is 4.26. The van der Waals surface area contributed by atoms with Crippen LogP contribution in [0.2, 0.25) is 0 Å². The molecule has 2 aromatic heterocycles. The van der Waals surface area contributed by atoms with Crippen molar-refractivity contribution in [1.29, 1.82) is 0 Å². The molecular formula is C11H15N7O3. The van der Waals surface area contributed by atoms with Gasteiger partial charge in [-0.15, -0.1) is 0 Å². The molecule has 2 rings (SSSR count). The second kappa shape index (κ2) is 6.03. The predicted molar refractivity (Wildman–Crippen MR) is 73.5 cm³/mol. The van der Waals surface area contributed by atoms with E-state index in [-0.39, 0.29) is 23.8 Å². The average molecular weight is 293 g/mol. The van der Waals surface area contributed by atoms with Gasteiger partial charge in [0, 0.05) is 19.3 Å². The number of nitro groups is 1. The summed E-state index contributed by atoms with van der Waals surface area (Å²) in [7, 11) is 0. The fourth-order valence-electron chi connectivity index (χ4n) is 1.71. The van der Waals surface area contributed by atoms with Gasteiger partial charge in [-0.05, 0) is 6.92 Å². The van der Waals surface area contributed by atoms with Crippen molar-refractivity contribution in [2.24, 2.45) is 0 Å². The van der Waals surface area contributed by atoms with E-state index in [1.807, 2.05) is 6.92 Å². The van der Waals surface area contributed by atoms with Crippen LogP contribution in [-0.4, -0.2) is 36.9 Å². The van der Waals surface area contributed by atoms with Gasteiger partial charge in [-0.3, -0.25) is 24.3 Å². The molecule has 112 valence electrons. The van der Waals surface area contributed by atoms with Crippen LogP contribution in [0.15, 0.2) is 18.6 Å². The third-order valence-corrected chi connectivity index (χ3v) is 2.79. The molecule has 21 heavy (non-hydrogen) atoms. The zero-order valence-corrected chi connectivity index (χ0v) is 11.4. The van der Waals surface area contributed by atoms with Crippen LogP contribution >= 0.6 is 0 Å². The molecule has 0 radical (unpaired) electrons. The number of nitrogen functional groups attached to an aromatic ring is 1. The summed E-state index contributed by atoms with van der Waals surface area (Å²) in [4.78, 5) is 21.9. The van der Waals surface area contributed by atoms with Gasteiger partial charge in [-0.25, -0.2) is 0 Å². The lowest BCUT2D eigenvalue weighted by Crippen LogP contribution is -2.28. The Bertz CT molecular complexity index is 661. The fraction of sp³-hybridized carbons (Fsp3) is 0.364. The number of nitrogens with two attached hydrogens (primary N) is 1. The topological polar surface area (TPSA) is 134 Å². The first-order valence-electron chi connectivity index (χ1n) is 6.29. The van der Waals surface area contributed by atoms with Crippen LogP contribution in [0.4, 0.5) is 11.4 Å². The van der Waals surface area contributed by atoms with Crippen molar-refractivity contribution in [1.82, 2.24) is 24.9 Å². The molecular weight excluding hydrogens is 278 g/mol. The van der Waals surface area contributed by atoms with E-state index in [0.29, 0.717) is 18.8 Å². The number of hydrogen-bond acceptors (Lipinski definition) is 6. The van der Waals surface area contributed by atoms with E-state index in [1.165, 1.54) is 10.9 Å². The number of carbonyl (C=O) groups excluding carboxylic acids is 1. The van der Waals surface area contributed by atoms with E-state index < -0.39 is 4.92 Å². The Morgan fingerprint density at radius 1 is 1.48 bits per heavy atom. The molecule has 0 spiro atoms. The minimum Gasteiger partial charge on any atom is -0.396 e. The van der Waals surface area contributed by atoms with Crippen LogP contribution in [-0.2, 0) is 13.1 Å². The van der Waals surface area contributed by atoms with Crippen LogP contribution in [0.25, 0.3) is 0 Å². The van der Waals surface area contributed by atoms with E-state index in [0.717, 1.165) is 6.20 Å². The number of nitrogens with zero attached hydrogens (tertiary/aromatic N) is 5. The van der Waals surface area contributed by atoms with E-state index in [4.69, 9.17) is 5.73 Å². The van der Waals surface area contributed by atoms with Crippen molar-refractivity contribution in [3.63, 3.8) is 0 Å². The number of rotatable bonds is 6. The first-order valence-corrected chi connectivity index (χ1v) is 6.29. The van der Waals surface area contributed by atoms with E-state index in [9.17, 15) is 14.9 Å². The lowest BCUT2D eigenvalue weighted by atomic mass is 10.3. The van der Waals surface area contributed by atoms with Gasteiger partial charge in [0.05, 0.1) is 17.2 Å². The Labute approximate surface area is 119 Å². The zero-order chi connectivity index (χ0) is 15.4. The van der Waals surface area contributed by atoms with Gasteiger partial charge in [-0.1, -0.05) is 0 Å². The number of amides is 1. The average Bonchev–Trinajstić information content (AvgIpc) is 3.05. The van der Waals surface area contributed by atoms with Crippen molar-refractivity contribution in [2.75, 3.05) is 12.3 Å². The van der Waals surface area contributed by atoms with Crippen LogP contribution in [0.3, 0.4) is 0 Å². The highest BCUT2D eigenvalue weighted by atomic mass is 16.6. The van der Waals surface area contributed by atoms with Crippen molar-refractivity contribution in [3.8, 4) is 0 Å². The standard InChI is InChI=1S/C11H15N7O3/c1-2-16-7-9(12)10(15-16)11(19)13-3-4-17-6-8(5-14-17)18(20)21/h5-7H,2-4,12H2,1H3,(H,13,19). The van der Waals surface area contributed by atoms with Crippen molar-refractivity contribution in [3.05, 3.63) is 34.4 Å². The summed E-state index contributed by atoms with van der Waals surface area (Å²) in [5, 5.41) is 21.0. The summed E-state index contributed by atoms with van der Waals surface area (Å²) in [6.45, 7) is 3.08. The van der Waals surface area contributed by atoms with Gasteiger partial charge < -0.3 is 11.1 Å². The number of nitrogens with one attached hydrogen (secondary N) is 1. The molecule has 0 atom stereocenters. The molecule has 3 N–H and O–H groups in total. The quantitative estimate of drug-likeness (QED) is 0.569. The van der Waals surface area contributed by atoms with Crippen molar-refractivity contribution < 1.29 is 9.72 Å². The highest BCUT2D eigenvalue weighted by Crippen LogP contribution is 2.09. The maximum Gasteiger partial charge on any atom is 0.306 e. The van der Waals surface area contributed by atoms with Gasteiger partial charge in [0.15, 0.2) is 5.69 Å². The predicted octanol–water partition coefficient (Wildman–Crippen LogP) is 0.0199. The molecule has 2 aromatic rings.